The van der Waals surface area contributed by atoms with Crippen LogP contribution in [0.3, 0.4) is 0 Å². The van der Waals surface area contributed by atoms with E-state index in [4.69, 9.17) is 5.11 Å². The Bertz CT molecular complexity index is 326. The smallest absolute Gasteiger partial charge is 0.102 e. The second kappa shape index (κ2) is 22.0. The highest BCUT2D eigenvalue weighted by Crippen LogP contribution is 2.13. The standard InChI is InChI=1S/C24H54N2O.2BrH/c1-6-7-8-9-10-11-12-13-14-17-20-25(2,3)21-18-15-16-19-22-26(4,5)23-24-27;;/h27H,6-24H2,1-5H3;2*1H/q+2;;/p-2. The number of hydrogen-bond donors (Lipinski definition) is 1. The first-order chi connectivity index (χ1) is 12.8. The van der Waals surface area contributed by atoms with E-state index in [9.17, 15) is 0 Å². The van der Waals surface area contributed by atoms with Gasteiger partial charge in [0.05, 0.1) is 54.4 Å². The number of likely N-dealkylation sites (N-methyl/N-ethyl adjacent to an activating group) is 1. The van der Waals surface area contributed by atoms with Crippen LogP contribution >= 0.6 is 0 Å². The van der Waals surface area contributed by atoms with Gasteiger partial charge in [-0.15, -0.1) is 0 Å². The Kier molecular flexibility index (Phi) is 26.2. The van der Waals surface area contributed by atoms with Crippen LogP contribution in [0.15, 0.2) is 0 Å². The number of rotatable bonds is 20. The first kappa shape index (κ1) is 34.5. The van der Waals surface area contributed by atoms with Gasteiger partial charge in [0.1, 0.15) is 6.54 Å². The molecule has 3 nitrogen and oxygen atoms in total. The summed E-state index contributed by atoms with van der Waals surface area (Å²) in [4.78, 5) is 0. The van der Waals surface area contributed by atoms with Crippen molar-refractivity contribution in [2.75, 3.05) is 61.0 Å². The average Bonchev–Trinajstić information content (AvgIpc) is 2.59. The highest BCUT2D eigenvalue weighted by molar-refractivity contribution is 4.49. The van der Waals surface area contributed by atoms with Gasteiger partial charge < -0.3 is 48.0 Å². The molecule has 0 aromatic heterocycles. The normalized spacial score (nSPS) is 11.8. The van der Waals surface area contributed by atoms with Crippen molar-refractivity contribution in [3.63, 3.8) is 0 Å². The highest BCUT2D eigenvalue weighted by Gasteiger charge is 2.15. The van der Waals surface area contributed by atoms with E-state index in [1.54, 1.807) is 0 Å². The molecule has 0 aliphatic rings. The van der Waals surface area contributed by atoms with E-state index in [0.717, 1.165) is 11.0 Å². The van der Waals surface area contributed by atoms with Crippen molar-refractivity contribution in [3.8, 4) is 0 Å². The van der Waals surface area contributed by atoms with Gasteiger partial charge in [0.15, 0.2) is 0 Å². The Hall–Kier alpha value is 0.840. The first-order valence-corrected chi connectivity index (χ1v) is 12.1. The highest BCUT2D eigenvalue weighted by atomic mass is 79.9. The summed E-state index contributed by atoms with van der Waals surface area (Å²) in [6.45, 7) is 7.34. The van der Waals surface area contributed by atoms with Crippen LogP contribution in [0.4, 0.5) is 0 Å². The van der Waals surface area contributed by atoms with Crippen LogP contribution in [0.5, 0.6) is 0 Å². The molecule has 0 aromatic rings. The molecule has 0 amide bonds. The zero-order valence-electron chi connectivity index (χ0n) is 20.5. The molecule has 0 rings (SSSR count). The fourth-order valence-electron chi connectivity index (χ4n) is 3.95. The fraction of sp³-hybridized carbons (Fsp3) is 1.00. The molecule has 5 heteroatoms. The van der Waals surface area contributed by atoms with Crippen molar-refractivity contribution in [3.05, 3.63) is 0 Å². The summed E-state index contributed by atoms with van der Waals surface area (Å²) in [5.74, 6) is 0. The third kappa shape index (κ3) is 25.0. The molecular weight excluding hydrogens is 492 g/mol. The van der Waals surface area contributed by atoms with Crippen molar-refractivity contribution in [2.45, 2.75) is 96.8 Å². The Morgan fingerprint density at radius 2 is 0.724 bits per heavy atom. The van der Waals surface area contributed by atoms with Crippen molar-refractivity contribution in [1.29, 1.82) is 0 Å². The molecule has 29 heavy (non-hydrogen) atoms. The van der Waals surface area contributed by atoms with Crippen LogP contribution in [-0.2, 0) is 0 Å². The maximum absolute atomic E-state index is 9.09. The molecule has 0 saturated heterocycles. The van der Waals surface area contributed by atoms with Gasteiger partial charge in [-0.2, -0.15) is 0 Å². The van der Waals surface area contributed by atoms with Crippen LogP contribution in [0.1, 0.15) is 96.8 Å². The summed E-state index contributed by atoms with van der Waals surface area (Å²) in [6.07, 6.45) is 19.7. The lowest BCUT2D eigenvalue weighted by Crippen LogP contribution is -3.00. The lowest BCUT2D eigenvalue weighted by Gasteiger charge is -2.30. The molecule has 0 unspecified atom stereocenters. The molecule has 0 fully saturated rings. The van der Waals surface area contributed by atoms with Crippen LogP contribution < -0.4 is 34.0 Å². The number of nitrogens with zero attached hydrogens (tertiary/aromatic N) is 2. The number of hydrogen-bond acceptors (Lipinski definition) is 1. The third-order valence-corrected chi connectivity index (χ3v) is 6.10. The molecule has 0 aromatic carbocycles. The summed E-state index contributed by atoms with van der Waals surface area (Å²) >= 11 is 0. The monoisotopic (exact) mass is 544 g/mol. The van der Waals surface area contributed by atoms with E-state index in [1.165, 1.54) is 114 Å². The van der Waals surface area contributed by atoms with Crippen molar-refractivity contribution in [2.24, 2.45) is 0 Å². The van der Waals surface area contributed by atoms with Gasteiger partial charge in [0, 0.05) is 0 Å². The largest absolute Gasteiger partial charge is 1.00 e. The fourth-order valence-corrected chi connectivity index (χ4v) is 3.95. The Morgan fingerprint density at radius 3 is 1.03 bits per heavy atom. The van der Waals surface area contributed by atoms with Crippen LogP contribution in [0, 0.1) is 0 Å². The summed E-state index contributed by atoms with van der Waals surface area (Å²) in [7, 11) is 9.27. The zero-order chi connectivity index (χ0) is 20.4. The van der Waals surface area contributed by atoms with Crippen LogP contribution in [0.25, 0.3) is 0 Å². The maximum atomic E-state index is 9.09. The Labute approximate surface area is 205 Å². The molecule has 1 N–H and O–H groups in total. The molecule has 0 bridgehead atoms. The van der Waals surface area contributed by atoms with E-state index in [2.05, 4.69) is 35.1 Å². The van der Waals surface area contributed by atoms with Crippen molar-refractivity contribution < 1.29 is 48.0 Å². The summed E-state index contributed by atoms with van der Waals surface area (Å²) in [6, 6.07) is 0. The van der Waals surface area contributed by atoms with E-state index in [-0.39, 0.29) is 34.0 Å². The van der Waals surface area contributed by atoms with Gasteiger partial charge in [0.25, 0.3) is 0 Å². The molecule has 0 radical (unpaired) electrons. The molecule has 0 aliphatic carbocycles. The van der Waals surface area contributed by atoms with Gasteiger partial charge >= 0.3 is 0 Å². The minimum atomic E-state index is 0. The van der Waals surface area contributed by atoms with Gasteiger partial charge in [-0.25, -0.2) is 0 Å². The van der Waals surface area contributed by atoms with Crippen molar-refractivity contribution in [1.82, 2.24) is 0 Å². The van der Waals surface area contributed by atoms with Crippen LogP contribution in [-0.4, -0.2) is 75.0 Å². The summed E-state index contributed by atoms with van der Waals surface area (Å²) in [5.41, 5.74) is 0. The zero-order valence-corrected chi connectivity index (χ0v) is 23.7. The minimum absolute atomic E-state index is 0. The predicted molar refractivity (Wildman–Crippen MR) is 121 cm³/mol. The minimum Gasteiger partial charge on any atom is -1.00 e. The first-order valence-electron chi connectivity index (χ1n) is 12.1. The topological polar surface area (TPSA) is 20.2 Å². The number of aliphatic hydroxyl groups is 1. The van der Waals surface area contributed by atoms with Gasteiger partial charge in [-0.1, -0.05) is 58.3 Å². The Balaban J connectivity index is -0.00000338. The maximum Gasteiger partial charge on any atom is 0.102 e. The lowest BCUT2D eigenvalue weighted by atomic mass is 10.1. The third-order valence-electron chi connectivity index (χ3n) is 6.10. The van der Waals surface area contributed by atoms with E-state index in [0.29, 0.717) is 6.61 Å². The molecular formula is C24H54Br2N2O. The molecule has 180 valence electrons. The molecule has 0 atom stereocenters. The van der Waals surface area contributed by atoms with E-state index >= 15 is 0 Å². The van der Waals surface area contributed by atoms with Gasteiger partial charge in [-0.05, 0) is 38.5 Å². The predicted octanol–water partition coefficient (Wildman–Crippen LogP) is -0.379. The molecule has 0 heterocycles. The molecule has 0 spiro atoms. The quantitative estimate of drug-likeness (QED) is 0.163. The number of aliphatic hydroxyl groups excluding tert-OH is 1. The molecule has 0 aliphatic heterocycles. The molecule has 0 saturated carbocycles. The summed E-state index contributed by atoms with van der Waals surface area (Å²) < 4.78 is 2.15. The second-order valence-corrected chi connectivity index (χ2v) is 10.1. The number of unbranched alkanes of at least 4 members (excludes halogenated alkanes) is 12. The van der Waals surface area contributed by atoms with E-state index in [1.807, 2.05) is 0 Å². The van der Waals surface area contributed by atoms with Crippen LogP contribution in [0.2, 0.25) is 0 Å². The van der Waals surface area contributed by atoms with E-state index < -0.39 is 0 Å². The average molecular weight is 547 g/mol. The lowest BCUT2D eigenvalue weighted by molar-refractivity contribution is -0.891. The van der Waals surface area contributed by atoms with Gasteiger partial charge in [-0.3, -0.25) is 0 Å². The Morgan fingerprint density at radius 1 is 0.448 bits per heavy atom. The number of quaternary nitrogens is 2. The van der Waals surface area contributed by atoms with Crippen molar-refractivity contribution >= 4 is 0 Å². The van der Waals surface area contributed by atoms with Gasteiger partial charge in [0.2, 0.25) is 0 Å². The second-order valence-electron chi connectivity index (χ2n) is 10.1. The summed E-state index contributed by atoms with van der Waals surface area (Å²) in [5, 5.41) is 9.09. The SMILES string of the molecule is CCCCCCCCCCCC[N+](C)(C)CCCCCC[N+](C)(C)CCO.[Br-].[Br-]. The number of halogens is 2.